The average Bonchev–Trinajstić information content (AvgIpc) is 3.05. The minimum absolute atomic E-state index is 0.00418. The van der Waals surface area contributed by atoms with Crippen LogP contribution < -0.4 is 5.32 Å². The summed E-state index contributed by atoms with van der Waals surface area (Å²) in [7, 11) is 1.33. The predicted molar refractivity (Wildman–Crippen MR) is 98.4 cm³/mol. The lowest BCUT2D eigenvalue weighted by molar-refractivity contribution is -0.141. The van der Waals surface area contributed by atoms with Crippen molar-refractivity contribution in [3.8, 4) is 11.4 Å². The number of aromatic amines is 1. The number of methoxy groups -OCH3 is 1. The molecule has 2 N–H and O–H groups in total. The third-order valence-electron chi connectivity index (χ3n) is 5.14. The fourth-order valence-corrected chi connectivity index (χ4v) is 3.38. The molecule has 146 valence electrons. The lowest BCUT2D eigenvalue weighted by Crippen LogP contribution is -2.36. The van der Waals surface area contributed by atoms with Crippen LogP contribution >= 0.6 is 0 Å². The van der Waals surface area contributed by atoms with Gasteiger partial charge in [-0.1, -0.05) is 6.42 Å². The monoisotopic (exact) mass is 387 g/mol. The second-order valence-electron chi connectivity index (χ2n) is 6.86. The molecule has 0 saturated heterocycles. The van der Waals surface area contributed by atoms with E-state index in [2.05, 4.69) is 25.3 Å². The molecule has 4 rings (SSSR count). The minimum atomic E-state index is -0.623. The Bertz CT molecular complexity index is 1020. The van der Waals surface area contributed by atoms with Crippen LogP contribution in [0.3, 0.4) is 0 Å². The number of carbonyl (C=O) groups excluding carboxylic acids is 1. The molecule has 1 unspecified atom stereocenters. The largest absolute Gasteiger partial charge is 0.469 e. The number of pyridine rings is 1. The molecule has 28 heavy (non-hydrogen) atoms. The van der Waals surface area contributed by atoms with Crippen molar-refractivity contribution in [2.75, 3.05) is 12.4 Å². The molecular weight excluding hydrogens is 368 g/mol. The molecule has 7 nitrogen and oxygen atoms in total. The zero-order chi connectivity index (χ0) is 19.7. The molecule has 1 fully saturated rings. The van der Waals surface area contributed by atoms with Gasteiger partial charge in [-0.2, -0.15) is 0 Å². The first-order valence-electron chi connectivity index (χ1n) is 9.04. The summed E-state index contributed by atoms with van der Waals surface area (Å²) in [5.41, 5.74) is 0.995. The number of H-pyrrole nitrogens is 1. The highest BCUT2D eigenvalue weighted by molar-refractivity contribution is 5.91. The quantitative estimate of drug-likeness (QED) is 0.630. The maximum absolute atomic E-state index is 14.4. The van der Waals surface area contributed by atoms with E-state index < -0.39 is 11.6 Å². The number of anilines is 1. The van der Waals surface area contributed by atoms with E-state index in [1.54, 1.807) is 6.20 Å². The first-order chi connectivity index (χ1) is 13.5. The molecule has 1 aliphatic carbocycles. The van der Waals surface area contributed by atoms with Crippen LogP contribution in [0.15, 0.2) is 24.7 Å². The van der Waals surface area contributed by atoms with Gasteiger partial charge in [0.1, 0.15) is 11.5 Å². The molecule has 1 saturated carbocycles. The number of ether oxygens (including phenoxy) is 1. The average molecular weight is 387 g/mol. The van der Waals surface area contributed by atoms with Crippen LogP contribution in [0.4, 0.5) is 14.6 Å². The van der Waals surface area contributed by atoms with Gasteiger partial charge in [0.05, 0.1) is 25.9 Å². The van der Waals surface area contributed by atoms with Gasteiger partial charge in [0.2, 0.25) is 0 Å². The summed E-state index contributed by atoms with van der Waals surface area (Å²) in [6.07, 6.45) is 6.90. The maximum Gasteiger partial charge on any atom is 0.307 e. The molecule has 0 aromatic carbocycles. The van der Waals surface area contributed by atoms with Crippen LogP contribution in [0.25, 0.3) is 22.4 Å². The molecule has 0 spiro atoms. The molecule has 3 aromatic heterocycles. The first-order valence-corrected chi connectivity index (χ1v) is 9.04. The molecule has 3 aromatic rings. The van der Waals surface area contributed by atoms with Crippen molar-refractivity contribution in [1.29, 1.82) is 0 Å². The molecule has 1 aliphatic rings. The number of nitrogens with one attached hydrogen (secondary N) is 2. The van der Waals surface area contributed by atoms with Crippen LogP contribution in [0.2, 0.25) is 0 Å². The van der Waals surface area contributed by atoms with Gasteiger partial charge in [-0.15, -0.1) is 0 Å². The Hall–Kier alpha value is -3.10. The van der Waals surface area contributed by atoms with Crippen LogP contribution in [0.1, 0.15) is 25.7 Å². The highest BCUT2D eigenvalue weighted by Gasteiger charge is 2.30. The normalized spacial score (nSPS) is 15.2. The molecule has 9 heteroatoms. The minimum Gasteiger partial charge on any atom is -0.469 e. The van der Waals surface area contributed by atoms with Crippen LogP contribution in [-0.4, -0.2) is 39.1 Å². The number of rotatable bonds is 6. The SMILES string of the molecule is COC(=O)CC(Nc1nc(-c2c[nH]c3ncc(F)cc23)ncc1F)C1CCC1. The van der Waals surface area contributed by atoms with Gasteiger partial charge in [-0.25, -0.2) is 23.7 Å². The third-order valence-corrected chi connectivity index (χ3v) is 5.14. The topological polar surface area (TPSA) is 92.8 Å². The van der Waals surface area contributed by atoms with Crippen molar-refractivity contribution in [3.05, 3.63) is 36.3 Å². The van der Waals surface area contributed by atoms with Gasteiger partial charge in [-0.05, 0) is 24.8 Å². The van der Waals surface area contributed by atoms with Crippen molar-refractivity contribution in [2.24, 2.45) is 5.92 Å². The predicted octanol–water partition coefficient (Wildman–Crippen LogP) is 3.44. The molecule has 0 bridgehead atoms. The first kappa shape index (κ1) is 18.3. The van der Waals surface area contributed by atoms with E-state index in [9.17, 15) is 13.6 Å². The van der Waals surface area contributed by atoms with E-state index in [4.69, 9.17) is 4.74 Å². The van der Waals surface area contributed by atoms with Crippen molar-refractivity contribution >= 4 is 22.8 Å². The third kappa shape index (κ3) is 3.51. The van der Waals surface area contributed by atoms with Crippen LogP contribution in [-0.2, 0) is 9.53 Å². The zero-order valence-corrected chi connectivity index (χ0v) is 15.2. The molecule has 0 radical (unpaired) electrons. The van der Waals surface area contributed by atoms with E-state index in [0.29, 0.717) is 16.6 Å². The van der Waals surface area contributed by atoms with Gasteiger partial charge < -0.3 is 15.0 Å². The summed E-state index contributed by atoms with van der Waals surface area (Å²) in [6.45, 7) is 0. The van der Waals surface area contributed by atoms with Crippen LogP contribution in [0, 0.1) is 17.6 Å². The lowest BCUT2D eigenvalue weighted by Gasteiger charge is -2.34. The molecule has 0 amide bonds. The van der Waals surface area contributed by atoms with Crippen molar-refractivity contribution < 1.29 is 18.3 Å². The number of carbonyl (C=O) groups is 1. The van der Waals surface area contributed by atoms with Gasteiger partial charge in [-0.3, -0.25) is 4.79 Å². The molecule has 3 heterocycles. The summed E-state index contributed by atoms with van der Waals surface area (Å²) in [4.78, 5) is 27.0. The zero-order valence-electron chi connectivity index (χ0n) is 15.2. The van der Waals surface area contributed by atoms with Crippen molar-refractivity contribution in [1.82, 2.24) is 19.9 Å². The molecule has 1 atom stereocenters. The Morgan fingerprint density at radius 3 is 2.89 bits per heavy atom. The van der Waals surface area contributed by atoms with E-state index in [-0.39, 0.29) is 36.0 Å². The standard InChI is InChI=1S/C19H19F2N5O2/c1-28-16(27)6-15(10-3-2-4-10)25-19-14(21)9-24-18(26-19)13-8-23-17-12(13)5-11(20)7-22-17/h5,7-10,15H,2-4,6H2,1H3,(H,22,23)(H,24,25,26). The number of esters is 1. The second-order valence-corrected chi connectivity index (χ2v) is 6.86. The van der Waals surface area contributed by atoms with Gasteiger partial charge in [0.15, 0.2) is 17.5 Å². The Morgan fingerprint density at radius 2 is 2.18 bits per heavy atom. The fraction of sp³-hybridized carbons (Fsp3) is 0.368. The van der Waals surface area contributed by atoms with E-state index >= 15 is 0 Å². The Kier molecular flexibility index (Phi) is 4.89. The summed E-state index contributed by atoms with van der Waals surface area (Å²) in [6, 6.07) is 1.04. The van der Waals surface area contributed by atoms with Crippen LogP contribution in [0.5, 0.6) is 0 Å². The van der Waals surface area contributed by atoms with Gasteiger partial charge in [0.25, 0.3) is 0 Å². The van der Waals surface area contributed by atoms with Crippen molar-refractivity contribution in [2.45, 2.75) is 31.7 Å². The summed E-state index contributed by atoms with van der Waals surface area (Å²) < 4.78 is 32.7. The maximum atomic E-state index is 14.4. The Labute approximate surface area is 159 Å². The van der Waals surface area contributed by atoms with E-state index in [1.165, 1.54) is 13.2 Å². The van der Waals surface area contributed by atoms with E-state index in [1.807, 2.05) is 0 Å². The number of halogens is 2. The summed E-state index contributed by atoms with van der Waals surface area (Å²) >= 11 is 0. The second kappa shape index (κ2) is 7.49. The molecule has 0 aliphatic heterocycles. The Morgan fingerprint density at radius 1 is 1.36 bits per heavy atom. The van der Waals surface area contributed by atoms with Crippen molar-refractivity contribution in [3.63, 3.8) is 0 Å². The number of aromatic nitrogens is 4. The number of nitrogens with zero attached hydrogens (tertiary/aromatic N) is 3. The molecular formula is C19H19F2N5O2. The summed E-state index contributed by atoms with van der Waals surface area (Å²) in [5.74, 6) is -0.989. The highest BCUT2D eigenvalue weighted by atomic mass is 19.1. The fourth-order valence-electron chi connectivity index (χ4n) is 3.38. The van der Waals surface area contributed by atoms with Gasteiger partial charge in [0, 0.05) is 23.2 Å². The number of hydrogen-bond acceptors (Lipinski definition) is 6. The number of hydrogen-bond donors (Lipinski definition) is 2. The van der Waals surface area contributed by atoms with Gasteiger partial charge >= 0.3 is 5.97 Å². The highest BCUT2D eigenvalue weighted by Crippen LogP contribution is 2.33. The summed E-state index contributed by atoms with van der Waals surface area (Å²) in [5, 5.41) is 3.55. The Balaban J connectivity index is 1.66. The number of fused-ring (bicyclic) bond motifs is 1. The smallest absolute Gasteiger partial charge is 0.307 e. The lowest BCUT2D eigenvalue weighted by atomic mass is 9.78. The van der Waals surface area contributed by atoms with E-state index in [0.717, 1.165) is 31.7 Å².